The largest absolute Gasteiger partial charge is 0.508 e. The van der Waals surface area contributed by atoms with Crippen molar-refractivity contribution in [3.05, 3.63) is 29.3 Å². The maximum absolute atomic E-state index is 11.6. The molecule has 0 radical (unpaired) electrons. The Bertz CT molecular complexity index is 378. The standard InChI is InChI=1S/C12H17NO2/c1-12(2,3)10-8(11(15)13-4)6-5-7-9(10)14/h5-7,14H,1-4H3,(H,13,15). The minimum Gasteiger partial charge on any atom is -0.508 e. The highest BCUT2D eigenvalue weighted by Gasteiger charge is 2.24. The zero-order valence-corrected chi connectivity index (χ0v) is 9.59. The molecule has 0 aliphatic heterocycles. The second-order valence-corrected chi connectivity index (χ2v) is 4.53. The third-order valence-electron chi connectivity index (χ3n) is 2.26. The van der Waals surface area contributed by atoms with Crippen LogP contribution in [0.15, 0.2) is 18.2 Å². The Morgan fingerprint density at radius 2 is 1.93 bits per heavy atom. The van der Waals surface area contributed by atoms with Crippen LogP contribution in [-0.4, -0.2) is 18.1 Å². The van der Waals surface area contributed by atoms with Gasteiger partial charge < -0.3 is 10.4 Å². The van der Waals surface area contributed by atoms with E-state index in [1.807, 2.05) is 20.8 Å². The average molecular weight is 207 g/mol. The molecule has 1 amide bonds. The lowest BCUT2D eigenvalue weighted by Crippen LogP contribution is -2.24. The fourth-order valence-corrected chi connectivity index (χ4v) is 1.65. The van der Waals surface area contributed by atoms with E-state index < -0.39 is 0 Å². The van der Waals surface area contributed by atoms with Gasteiger partial charge in [0.05, 0.1) is 0 Å². The highest BCUT2D eigenvalue weighted by atomic mass is 16.3. The maximum atomic E-state index is 11.6. The van der Waals surface area contributed by atoms with E-state index in [1.54, 1.807) is 25.2 Å². The van der Waals surface area contributed by atoms with Crippen LogP contribution in [0, 0.1) is 0 Å². The van der Waals surface area contributed by atoms with Crippen molar-refractivity contribution < 1.29 is 9.90 Å². The highest BCUT2D eigenvalue weighted by molar-refractivity contribution is 5.96. The van der Waals surface area contributed by atoms with Gasteiger partial charge in [-0.1, -0.05) is 26.8 Å². The van der Waals surface area contributed by atoms with Crippen molar-refractivity contribution in [2.45, 2.75) is 26.2 Å². The highest BCUT2D eigenvalue weighted by Crippen LogP contribution is 2.33. The van der Waals surface area contributed by atoms with Gasteiger partial charge in [0.25, 0.3) is 5.91 Å². The molecule has 0 heterocycles. The third-order valence-corrected chi connectivity index (χ3v) is 2.26. The maximum Gasteiger partial charge on any atom is 0.251 e. The van der Waals surface area contributed by atoms with Crippen molar-refractivity contribution in [1.29, 1.82) is 0 Å². The van der Waals surface area contributed by atoms with Crippen molar-refractivity contribution in [3.8, 4) is 5.75 Å². The summed E-state index contributed by atoms with van der Waals surface area (Å²) in [6.07, 6.45) is 0. The van der Waals surface area contributed by atoms with E-state index in [0.29, 0.717) is 11.1 Å². The summed E-state index contributed by atoms with van der Waals surface area (Å²) in [5, 5.41) is 12.4. The predicted octanol–water partition coefficient (Wildman–Crippen LogP) is 2.05. The van der Waals surface area contributed by atoms with Crippen LogP contribution in [0.5, 0.6) is 5.75 Å². The molecule has 82 valence electrons. The lowest BCUT2D eigenvalue weighted by molar-refractivity contribution is 0.0960. The van der Waals surface area contributed by atoms with Gasteiger partial charge in [-0.05, 0) is 17.5 Å². The van der Waals surface area contributed by atoms with E-state index in [2.05, 4.69) is 5.32 Å². The van der Waals surface area contributed by atoms with Crippen LogP contribution in [0.3, 0.4) is 0 Å². The van der Waals surface area contributed by atoms with Gasteiger partial charge >= 0.3 is 0 Å². The molecule has 2 N–H and O–H groups in total. The van der Waals surface area contributed by atoms with Crippen LogP contribution < -0.4 is 5.32 Å². The minimum atomic E-state index is -0.257. The molecule has 0 aliphatic rings. The number of amides is 1. The Morgan fingerprint density at radius 1 is 1.33 bits per heavy atom. The molecule has 0 saturated heterocycles. The summed E-state index contributed by atoms with van der Waals surface area (Å²) >= 11 is 0. The van der Waals surface area contributed by atoms with E-state index in [1.165, 1.54) is 0 Å². The summed E-state index contributed by atoms with van der Waals surface area (Å²) in [6.45, 7) is 5.90. The Balaban J connectivity index is 3.40. The first kappa shape index (κ1) is 11.6. The van der Waals surface area contributed by atoms with Gasteiger partial charge in [0.2, 0.25) is 0 Å². The smallest absolute Gasteiger partial charge is 0.251 e. The molecule has 0 spiro atoms. The zero-order valence-electron chi connectivity index (χ0n) is 9.59. The summed E-state index contributed by atoms with van der Waals surface area (Å²) in [4.78, 5) is 11.6. The van der Waals surface area contributed by atoms with Crippen molar-refractivity contribution in [2.75, 3.05) is 7.05 Å². The Kier molecular flexibility index (Phi) is 3.03. The molecule has 0 bridgehead atoms. The molecule has 0 atom stereocenters. The second kappa shape index (κ2) is 3.93. The third kappa shape index (κ3) is 2.29. The van der Waals surface area contributed by atoms with E-state index in [-0.39, 0.29) is 17.1 Å². The van der Waals surface area contributed by atoms with Gasteiger partial charge in [0, 0.05) is 18.2 Å². The van der Waals surface area contributed by atoms with Gasteiger partial charge in [-0.2, -0.15) is 0 Å². The summed E-state index contributed by atoms with van der Waals surface area (Å²) in [5.41, 5.74) is 0.960. The van der Waals surface area contributed by atoms with Crippen LogP contribution in [0.25, 0.3) is 0 Å². The Hall–Kier alpha value is -1.51. The number of aromatic hydroxyl groups is 1. The van der Waals surface area contributed by atoms with Crippen LogP contribution >= 0.6 is 0 Å². The van der Waals surface area contributed by atoms with Gasteiger partial charge in [-0.15, -0.1) is 0 Å². The number of phenolic OH excluding ortho intramolecular Hbond substituents is 1. The molecule has 1 rings (SSSR count). The van der Waals surface area contributed by atoms with Crippen molar-refractivity contribution in [1.82, 2.24) is 5.32 Å². The van der Waals surface area contributed by atoms with Crippen LogP contribution in [0.1, 0.15) is 36.7 Å². The first-order valence-electron chi connectivity index (χ1n) is 4.92. The van der Waals surface area contributed by atoms with Crippen LogP contribution in [-0.2, 0) is 5.41 Å². The number of carbonyl (C=O) groups excluding carboxylic acids is 1. The summed E-state index contributed by atoms with van der Waals surface area (Å²) in [7, 11) is 1.58. The molecule has 1 aromatic rings. The molecule has 0 aliphatic carbocycles. The Morgan fingerprint density at radius 3 is 2.40 bits per heavy atom. The van der Waals surface area contributed by atoms with Crippen molar-refractivity contribution in [2.24, 2.45) is 0 Å². The lowest BCUT2D eigenvalue weighted by Gasteiger charge is -2.23. The summed E-state index contributed by atoms with van der Waals surface area (Å²) in [5.74, 6) is -0.000532. The molecule has 3 nitrogen and oxygen atoms in total. The normalized spacial score (nSPS) is 11.2. The zero-order chi connectivity index (χ0) is 11.6. The summed E-state index contributed by atoms with van der Waals surface area (Å²) in [6, 6.07) is 5.00. The molecular formula is C12H17NO2. The fraction of sp³-hybridized carbons (Fsp3) is 0.417. The van der Waals surface area contributed by atoms with Gasteiger partial charge in [-0.3, -0.25) is 4.79 Å². The van der Waals surface area contributed by atoms with E-state index >= 15 is 0 Å². The molecule has 0 fully saturated rings. The van der Waals surface area contributed by atoms with Crippen molar-refractivity contribution >= 4 is 5.91 Å². The SMILES string of the molecule is CNC(=O)c1cccc(O)c1C(C)(C)C. The lowest BCUT2D eigenvalue weighted by atomic mass is 9.83. The molecule has 3 heteroatoms. The molecular weight excluding hydrogens is 190 g/mol. The second-order valence-electron chi connectivity index (χ2n) is 4.53. The van der Waals surface area contributed by atoms with E-state index in [4.69, 9.17) is 0 Å². The predicted molar refractivity (Wildman–Crippen MR) is 60.2 cm³/mol. The minimum absolute atomic E-state index is 0.170. The number of benzene rings is 1. The van der Waals surface area contributed by atoms with E-state index in [0.717, 1.165) is 0 Å². The Labute approximate surface area is 90.1 Å². The fourth-order valence-electron chi connectivity index (χ4n) is 1.65. The molecule has 0 saturated carbocycles. The molecule has 0 aromatic heterocycles. The summed E-state index contributed by atoms with van der Waals surface area (Å²) < 4.78 is 0. The number of rotatable bonds is 1. The topological polar surface area (TPSA) is 49.3 Å². The van der Waals surface area contributed by atoms with Crippen LogP contribution in [0.4, 0.5) is 0 Å². The molecule has 15 heavy (non-hydrogen) atoms. The molecule has 1 aromatic carbocycles. The van der Waals surface area contributed by atoms with Gasteiger partial charge in [0.1, 0.15) is 5.75 Å². The number of nitrogens with one attached hydrogen (secondary N) is 1. The first-order chi connectivity index (χ1) is 6.88. The van der Waals surface area contributed by atoms with Crippen molar-refractivity contribution in [3.63, 3.8) is 0 Å². The van der Waals surface area contributed by atoms with Gasteiger partial charge in [-0.25, -0.2) is 0 Å². The van der Waals surface area contributed by atoms with Crippen LogP contribution in [0.2, 0.25) is 0 Å². The van der Waals surface area contributed by atoms with E-state index in [9.17, 15) is 9.90 Å². The quantitative estimate of drug-likeness (QED) is 0.740. The number of phenols is 1. The number of hydrogen-bond donors (Lipinski definition) is 2. The van der Waals surface area contributed by atoms with Gasteiger partial charge in [0.15, 0.2) is 0 Å². The number of carbonyl (C=O) groups is 1. The first-order valence-corrected chi connectivity index (χ1v) is 4.92. The number of hydrogen-bond acceptors (Lipinski definition) is 2. The monoisotopic (exact) mass is 207 g/mol. The molecule has 0 unspecified atom stereocenters. The average Bonchev–Trinajstić information content (AvgIpc) is 2.14.